The number of aromatic amines is 1. The van der Waals surface area contributed by atoms with E-state index in [1.807, 2.05) is 83.7 Å². The van der Waals surface area contributed by atoms with Crippen LogP contribution in [0.2, 0.25) is 0 Å². The number of rotatable bonds is 2. The van der Waals surface area contributed by atoms with Gasteiger partial charge in [-0.3, -0.25) is 0 Å². The first kappa shape index (κ1) is 17.0. The lowest BCUT2D eigenvalue weighted by atomic mass is 10.1. The Labute approximate surface area is 160 Å². The smallest absolute Gasteiger partial charge is 0.158 e. The molecule has 0 saturated heterocycles. The van der Waals surface area contributed by atoms with Gasteiger partial charge in [-0.25, -0.2) is 9.97 Å². The van der Waals surface area contributed by atoms with Crippen molar-refractivity contribution in [2.45, 2.75) is 0 Å². The molecule has 5 rings (SSSR count). The molecule has 0 atom stereocenters. The molecule has 0 aliphatic heterocycles. The van der Waals surface area contributed by atoms with Crippen molar-refractivity contribution in [1.82, 2.24) is 15.0 Å². The minimum Gasteiger partial charge on any atom is -0.507 e. The predicted octanol–water partition coefficient (Wildman–Crippen LogP) is 5.75. The first-order chi connectivity index (χ1) is 13.3. The molecular weight excluding hydrogens is 354 g/mol. The quantitative estimate of drug-likeness (QED) is 0.415. The molecule has 0 fully saturated rings. The molecule has 0 bridgehead atoms. The number of thiazole rings is 1. The Morgan fingerprint density at radius 3 is 2.30 bits per heavy atom. The third kappa shape index (κ3) is 3.88. The van der Waals surface area contributed by atoms with Crippen LogP contribution in [0.3, 0.4) is 0 Å². The number of para-hydroxylation sites is 3. The van der Waals surface area contributed by atoms with E-state index in [1.54, 1.807) is 17.4 Å². The summed E-state index contributed by atoms with van der Waals surface area (Å²) in [6, 6.07) is 25.2. The molecule has 5 heteroatoms. The Balaban J connectivity index is 0.000000134. The van der Waals surface area contributed by atoms with E-state index in [4.69, 9.17) is 0 Å². The molecule has 0 radical (unpaired) electrons. The van der Waals surface area contributed by atoms with Gasteiger partial charge in [0, 0.05) is 10.9 Å². The van der Waals surface area contributed by atoms with E-state index in [2.05, 4.69) is 15.0 Å². The minimum absolute atomic E-state index is 0.328. The van der Waals surface area contributed by atoms with E-state index >= 15 is 0 Å². The summed E-state index contributed by atoms with van der Waals surface area (Å²) in [7, 11) is 0. The van der Waals surface area contributed by atoms with E-state index in [1.165, 1.54) is 0 Å². The number of phenolic OH excluding ortho intramolecular Hbond substituents is 1. The maximum Gasteiger partial charge on any atom is 0.158 e. The number of aromatic hydroxyl groups is 1. The van der Waals surface area contributed by atoms with E-state index in [0.717, 1.165) is 33.7 Å². The van der Waals surface area contributed by atoms with Gasteiger partial charge in [-0.2, -0.15) is 0 Å². The molecule has 0 aliphatic rings. The molecule has 0 amide bonds. The molecule has 0 spiro atoms. The highest BCUT2D eigenvalue weighted by Crippen LogP contribution is 2.27. The predicted molar refractivity (Wildman–Crippen MR) is 111 cm³/mol. The minimum atomic E-state index is 0.328. The Hall–Kier alpha value is -3.44. The summed E-state index contributed by atoms with van der Waals surface area (Å²) in [6.07, 6.45) is 0. The Kier molecular flexibility index (Phi) is 4.94. The number of H-pyrrole nitrogens is 1. The van der Waals surface area contributed by atoms with Crippen LogP contribution < -0.4 is 0 Å². The molecule has 132 valence electrons. The third-order valence-electron chi connectivity index (χ3n) is 4.05. The third-order valence-corrected chi connectivity index (χ3v) is 4.64. The second kappa shape index (κ2) is 7.85. The van der Waals surface area contributed by atoms with Crippen LogP contribution in [-0.4, -0.2) is 20.1 Å². The zero-order chi connectivity index (χ0) is 18.5. The molecule has 2 heterocycles. The number of phenols is 1. The second-order valence-electron chi connectivity index (χ2n) is 5.86. The van der Waals surface area contributed by atoms with Gasteiger partial charge in [-0.15, -0.1) is 11.3 Å². The van der Waals surface area contributed by atoms with Crippen LogP contribution in [0, 0.1) is 0 Å². The average molecular weight is 371 g/mol. The number of hydrogen-bond acceptors (Lipinski definition) is 4. The number of aromatic nitrogens is 3. The summed E-state index contributed by atoms with van der Waals surface area (Å²) in [4.78, 5) is 11.9. The van der Waals surface area contributed by atoms with Crippen molar-refractivity contribution in [3.63, 3.8) is 0 Å². The second-order valence-corrected chi connectivity index (χ2v) is 6.58. The number of hydrogen-bond donors (Lipinski definition) is 2. The number of nitrogens with zero attached hydrogens (tertiary/aromatic N) is 2. The monoisotopic (exact) mass is 371 g/mol. The van der Waals surface area contributed by atoms with Gasteiger partial charge in [-0.05, 0) is 23.8 Å². The fraction of sp³-hybridized carbons (Fsp3) is 0. The van der Waals surface area contributed by atoms with Crippen LogP contribution in [0.25, 0.3) is 33.7 Å². The van der Waals surface area contributed by atoms with Gasteiger partial charge in [0.2, 0.25) is 0 Å². The van der Waals surface area contributed by atoms with Crippen LogP contribution in [0.5, 0.6) is 5.75 Å². The van der Waals surface area contributed by atoms with Crippen molar-refractivity contribution < 1.29 is 5.11 Å². The average Bonchev–Trinajstić information content (AvgIpc) is 3.39. The van der Waals surface area contributed by atoms with E-state index in [9.17, 15) is 5.11 Å². The fourth-order valence-electron chi connectivity index (χ4n) is 2.74. The largest absolute Gasteiger partial charge is 0.507 e. The summed E-state index contributed by atoms with van der Waals surface area (Å²) < 4.78 is 0. The van der Waals surface area contributed by atoms with Gasteiger partial charge in [-0.1, -0.05) is 60.7 Å². The van der Waals surface area contributed by atoms with Gasteiger partial charge < -0.3 is 10.1 Å². The lowest BCUT2D eigenvalue weighted by Crippen LogP contribution is -1.77. The van der Waals surface area contributed by atoms with Crippen molar-refractivity contribution in [3.8, 4) is 28.4 Å². The Bertz CT molecular complexity index is 1100. The summed E-state index contributed by atoms with van der Waals surface area (Å²) in [6.45, 7) is 0. The standard InChI is InChI=1S/C12H10O.C10H7N3S/c13-12-9-5-4-8-11(12)10-6-2-1-3-7-10;1-2-4-8-7(3-1)12-10(13-8)9-5-14-6-11-9/h1-9,13H;1-6H,(H,12,13). The normalized spacial score (nSPS) is 10.4. The highest BCUT2D eigenvalue weighted by Gasteiger charge is 2.05. The van der Waals surface area contributed by atoms with Crippen LogP contribution in [0.15, 0.2) is 89.8 Å². The molecule has 2 N–H and O–H groups in total. The molecule has 27 heavy (non-hydrogen) atoms. The lowest BCUT2D eigenvalue weighted by Gasteiger charge is -2.02. The van der Waals surface area contributed by atoms with Gasteiger partial charge in [0.25, 0.3) is 0 Å². The molecule has 0 aliphatic carbocycles. The van der Waals surface area contributed by atoms with Crippen LogP contribution >= 0.6 is 11.3 Å². The molecular formula is C22H17N3OS. The summed E-state index contributed by atoms with van der Waals surface area (Å²) in [5, 5.41) is 11.5. The van der Waals surface area contributed by atoms with Gasteiger partial charge in [0.15, 0.2) is 5.82 Å². The molecule has 0 unspecified atom stereocenters. The number of benzene rings is 3. The topological polar surface area (TPSA) is 61.8 Å². The fourth-order valence-corrected chi connectivity index (χ4v) is 3.28. The summed E-state index contributed by atoms with van der Waals surface area (Å²) in [5.41, 5.74) is 6.67. The zero-order valence-corrected chi connectivity index (χ0v) is 15.2. The molecule has 0 saturated carbocycles. The van der Waals surface area contributed by atoms with Gasteiger partial charge >= 0.3 is 0 Å². The van der Waals surface area contributed by atoms with Crippen LogP contribution in [0.4, 0.5) is 0 Å². The first-order valence-electron chi connectivity index (χ1n) is 8.48. The van der Waals surface area contributed by atoms with Crippen molar-refractivity contribution in [1.29, 1.82) is 0 Å². The maximum atomic E-state index is 9.56. The van der Waals surface area contributed by atoms with Gasteiger partial charge in [0.1, 0.15) is 11.4 Å². The van der Waals surface area contributed by atoms with Gasteiger partial charge in [0.05, 0.1) is 16.5 Å². The summed E-state index contributed by atoms with van der Waals surface area (Å²) >= 11 is 1.57. The van der Waals surface area contributed by atoms with Crippen LogP contribution in [0.1, 0.15) is 0 Å². The van der Waals surface area contributed by atoms with Crippen LogP contribution in [-0.2, 0) is 0 Å². The highest BCUT2D eigenvalue weighted by atomic mass is 32.1. The Morgan fingerprint density at radius 1 is 0.815 bits per heavy atom. The Morgan fingerprint density at radius 2 is 1.56 bits per heavy atom. The van der Waals surface area contributed by atoms with E-state index in [-0.39, 0.29) is 0 Å². The zero-order valence-electron chi connectivity index (χ0n) is 14.4. The number of imidazole rings is 1. The van der Waals surface area contributed by atoms with Crippen molar-refractivity contribution in [3.05, 3.63) is 89.8 Å². The first-order valence-corrected chi connectivity index (χ1v) is 9.42. The van der Waals surface area contributed by atoms with E-state index < -0.39 is 0 Å². The summed E-state index contributed by atoms with van der Waals surface area (Å²) in [5.74, 6) is 1.17. The van der Waals surface area contributed by atoms with Crippen molar-refractivity contribution >= 4 is 22.4 Å². The number of fused-ring (bicyclic) bond motifs is 1. The van der Waals surface area contributed by atoms with Crippen molar-refractivity contribution in [2.75, 3.05) is 0 Å². The molecule has 5 aromatic rings. The SMILES string of the molecule is Oc1ccccc1-c1ccccc1.c1ccc2[nH]c(-c3cscn3)nc2c1. The molecule has 4 nitrogen and oxygen atoms in total. The van der Waals surface area contributed by atoms with E-state index in [0.29, 0.717) is 5.75 Å². The lowest BCUT2D eigenvalue weighted by molar-refractivity contribution is 0.477. The van der Waals surface area contributed by atoms with Crippen molar-refractivity contribution in [2.24, 2.45) is 0 Å². The maximum absolute atomic E-state index is 9.56. The molecule has 2 aromatic heterocycles. The highest BCUT2D eigenvalue weighted by molar-refractivity contribution is 7.07. The number of nitrogens with one attached hydrogen (secondary N) is 1. The molecule has 3 aromatic carbocycles.